The Bertz CT molecular complexity index is 922. The van der Waals surface area contributed by atoms with Crippen molar-refractivity contribution in [2.24, 2.45) is 5.92 Å². The summed E-state index contributed by atoms with van der Waals surface area (Å²) in [7, 11) is 0. The number of fused-ring (bicyclic) bond motifs is 2. The van der Waals surface area contributed by atoms with E-state index in [1.54, 1.807) is 0 Å². The van der Waals surface area contributed by atoms with Crippen LogP contribution in [0.15, 0.2) is 48.5 Å². The van der Waals surface area contributed by atoms with Gasteiger partial charge in [-0.1, -0.05) is 36.4 Å². The van der Waals surface area contributed by atoms with Gasteiger partial charge >= 0.3 is 5.97 Å². The SMILES string of the molecule is O=C(OCc1ccccc1)[C@@H]1C[C@@H](N2C[C@H]3C[C@@H]2CO3)C[C@H]1c1ccc(F)cc1F. The van der Waals surface area contributed by atoms with Crippen LogP contribution in [0.4, 0.5) is 8.78 Å². The minimum absolute atomic E-state index is 0.174. The monoisotopic (exact) mass is 413 g/mol. The highest BCUT2D eigenvalue weighted by Crippen LogP contribution is 2.46. The third kappa shape index (κ3) is 3.74. The second-order valence-electron chi connectivity index (χ2n) is 8.64. The van der Waals surface area contributed by atoms with E-state index >= 15 is 0 Å². The zero-order chi connectivity index (χ0) is 20.7. The normalized spacial score (nSPS) is 30.7. The van der Waals surface area contributed by atoms with Crippen molar-refractivity contribution in [2.45, 2.75) is 50.0 Å². The quantitative estimate of drug-likeness (QED) is 0.694. The van der Waals surface area contributed by atoms with Gasteiger partial charge in [0.2, 0.25) is 0 Å². The van der Waals surface area contributed by atoms with Crippen molar-refractivity contribution < 1.29 is 23.0 Å². The Labute approximate surface area is 174 Å². The third-order valence-corrected chi connectivity index (χ3v) is 6.84. The molecule has 3 fully saturated rings. The van der Waals surface area contributed by atoms with Crippen LogP contribution in [0.3, 0.4) is 0 Å². The van der Waals surface area contributed by atoms with Crippen LogP contribution in [0.5, 0.6) is 0 Å². The van der Waals surface area contributed by atoms with Gasteiger partial charge in [0.25, 0.3) is 0 Å². The summed E-state index contributed by atoms with van der Waals surface area (Å²) in [4.78, 5) is 15.5. The van der Waals surface area contributed by atoms with Gasteiger partial charge in [0, 0.05) is 30.6 Å². The largest absolute Gasteiger partial charge is 0.461 e. The van der Waals surface area contributed by atoms with E-state index in [0.717, 1.165) is 31.2 Å². The number of likely N-dealkylation sites (tertiary alicyclic amines) is 1. The minimum atomic E-state index is -0.608. The molecule has 1 saturated carbocycles. The Morgan fingerprint density at radius 2 is 1.90 bits per heavy atom. The molecule has 2 saturated heterocycles. The molecular formula is C24H25F2NO3. The van der Waals surface area contributed by atoms with Crippen LogP contribution in [0.2, 0.25) is 0 Å². The van der Waals surface area contributed by atoms with Gasteiger partial charge in [-0.2, -0.15) is 0 Å². The van der Waals surface area contributed by atoms with Gasteiger partial charge in [-0.05, 0) is 36.5 Å². The van der Waals surface area contributed by atoms with Crippen LogP contribution in [0, 0.1) is 17.6 Å². The fraction of sp³-hybridized carbons (Fsp3) is 0.458. The minimum Gasteiger partial charge on any atom is -0.461 e. The van der Waals surface area contributed by atoms with Crippen molar-refractivity contribution in [3.63, 3.8) is 0 Å². The molecule has 5 rings (SSSR count). The number of ether oxygens (including phenoxy) is 2. The smallest absolute Gasteiger partial charge is 0.309 e. The fourth-order valence-electron chi connectivity index (χ4n) is 5.40. The molecule has 5 atom stereocenters. The molecule has 4 nitrogen and oxygen atoms in total. The van der Waals surface area contributed by atoms with Crippen LogP contribution in [0.25, 0.3) is 0 Å². The average molecular weight is 413 g/mol. The Hall–Kier alpha value is -2.31. The highest BCUT2D eigenvalue weighted by Gasteiger charge is 2.49. The van der Waals surface area contributed by atoms with Gasteiger partial charge < -0.3 is 9.47 Å². The molecule has 2 aromatic rings. The van der Waals surface area contributed by atoms with Crippen molar-refractivity contribution >= 4 is 5.97 Å². The topological polar surface area (TPSA) is 38.8 Å². The average Bonchev–Trinajstić information content (AvgIpc) is 3.48. The van der Waals surface area contributed by atoms with E-state index in [0.29, 0.717) is 24.4 Å². The molecule has 3 aliphatic rings. The molecular weight excluding hydrogens is 388 g/mol. The number of hydrogen-bond acceptors (Lipinski definition) is 4. The molecule has 1 aliphatic carbocycles. The molecule has 0 radical (unpaired) electrons. The van der Waals surface area contributed by atoms with Crippen LogP contribution in [-0.4, -0.2) is 42.2 Å². The second kappa shape index (κ2) is 8.08. The molecule has 2 bridgehead atoms. The van der Waals surface area contributed by atoms with Crippen LogP contribution in [0.1, 0.15) is 36.3 Å². The van der Waals surface area contributed by atoms with Gasteiger partial charge in [0.15, 0.2) is 0 Å². The Balaban J connectivity index is 1.36. The highest BCUT2D eigenvalue weighted by atomic mass is 19.1. The lowest BCUT2D eigenvalue weighted by Gasteiger charge is -2.32. The molecule has 6 heteroatoms. The van der Waals surface area contributed by atoms with Crippen molar-refractivity contribution in [1.29, 1.82) is 0 Å². The number of halogens is 2. The van der Waals surface area contributed by atoms with E-state index in [2.05, 4.69) is 4.90 Å². The van der Waals surface area contributed by atoms with Crippen LogP contribution < -0.4 is 0 Å². The molecule has 0 aromatic heterocycles. The number of rotatable bonds is 5. The number of nitrogens with zero attached hydrogens (tertiary/aromatic N) is 1. The van der Waals surface area contributed by atoms with Gasteiger partial charge in [0.05, 0.1) is 18.6 Å². The van der Waals surface area contributed by atoms with Crippen LogP contribution in [-0.2, 0) is 20.9 Å². The lowest BCUT2D eigenvalue weighted by molar-refractivity contribution is -0.150. The van der Waals surface area contributed by atoms with Gasteiger partial charge in [0.1, 0.15) is 18.2 Å². The molecule has 0 spiro atoms. The van der Waals surface area contributed by atoms with E-state index in [1.165, 1.54) is 12.1 Å². The molecule has 0 unspecified atom stereocenters. The van der Waals surface area contributed by atoms with Crippen molar-refractivity contribution in [3.8, 4) is 0 Å². The first-order valence-corrected chi connectivity index (χ1v) is 10.6. The molecule has 158 valence electrons. The maximum atomic E-state index is 14.6. The van der Waals surface area contributed by atoms with E-state index in [1.807, 2.05) is 30.3 Å². The summed E-state index contributed by atoms with van der Waals surface area (Å²) in [6.45, 7) is 1.78. The third-order valence-electron chi connectivity index (χ3n) is 6.84. The summed E-state index contributed by atoms with van der Waals surface area (Å²) < 4.78 is 39.4. The molecule has 0 N–H and O–H groups in total. The van der Waals surface area contributed by atoms with E-state index in [-0.39, 0.29) is 30.6 Å². The Kier molecular flexibility index (Phi) is 5.29. The Morgan fingerprint density at radius 1 is 1.07 bits per heavy atom. The highest BCUT2D eigenvalue weighted by molar-refractivity contribution is 5.74. The number of benzene rings is 2. The summed E-state index contributed by atoms with van der Waals surface area (Å²) in [6, 6.07) is 13.7. The standard InChI is InChI=1S/C24H25F2NO3/c25-16-6-7-20(23(26)8-16)21-10-17(27-12-19-9-18(27)14-29-19)11-22(21)24(28)30-13-15-4-2-1-3-5-15/h1-8,17-19,21-22H,9-14H2/t17-,18+,19+,21-,22+/m0/s1. The van der Waals surface area contributed by atoms with Crippen molar-refractivity contribution in [2.75, 3.05) is 13.2 Å². The molecule has 2 heterocycles. The van der Waals surface area contributed by atoms with Gasteiger partial charge in [-0.3, -0.25) is 9.69 Å². The second-order valence-corrected chi connectivity index (χ2v) is 8.64. The number of esters is 1. The fourth-order valence-corrected chi connectivity index (χ4v) is 5.40. The first-order chi connectivity index (χ1) is 14.6. The molecule has 30 heavy (non-hydrogen) atoms. The summed E-state index contributed by atoms with van der Waals surface area (Å²) in [5.74, 6) is -2.27. The predicted octanol–water partition coefficient (Wildman–Crippen LogP) is 4.04. The number of carbonyl (C=O) groups is 1. The number of hydrogen-bond donors (Lipinski definition) is 0. The van der Waals surface area contributed by atoms with Crippen molar-refractivity contribution in [1.82, 2.24) is 4.90 Å². The zero-order valence-corrected chi connectivity index (χ0v) is 16.7. The lowest BCUT2D eigenvalue weighted by Crippen LogP contribution is -2.43. The summed E-state index contributed by atoms with van der Waals surface area (Å²) >= 11 is 0. The number of carbonyl (C=O) groups excluding carboxylic acids is 1. The van der Waals surface area contributed by atoms with Gasteiger partial charge in [-0.25, -0.2) is 8.78 Å². The maximum absolute atomic E-state index is 14.6. The lowest BCUT2D eigenvalue weighted by atomic mass is 9.88. The first-order valence-electron chi connectivity index (χ1n) is 10.6. The van der Waals surface area contributed by atoms with Crippen LogP contribution >= 0.6 is 0 Å². The molecule has 2 aliphatic heterocycles. The summed E-state index contributed by atoms with van der Waals surface area (Å²) in [5, 5.41) is 0. The first kappa shape index (κ1) is 19.6. The van der Waals surface area contributed by atoms with E-state index < -0.39 is 17.6 Å². The zero-order valence-electron chi connectivity index (χ0n) is 16.7. The number of morpholine rings is 1. The van der Waals surface area contributed by atoms with E-state index in [9.17, 15) is 13.6 Å². The summed E-state index contributed by atoms with van der Waals surface area (Å²) in [5.41, 5.74) is 1.32. The predicted molar refractivity (Wildman–Crippen MR) is 107 cm³/mol. The van der Waals surface area contributed by atoms with Crippen molar-refractivity contribution in [3.05, 3.63) is 71.3 Å². The maximum Gasteiger partial charge on any atom is 0.309 e. The Morgan fingerprint density at radius 3 is 2.60 bits per heavy atom. The molecule has 2 aromatic carbocycles. The summed E-state index contributed by atoms with van der Waals surface area (Å²) in [6.07, 6.45) is 2.57. The van der Waals surface area contributed by atoms with E-state index in [4.69, 9.17) is 9.47 Å². The molecule has 0 amide bonds. The van der Waals surface area contributed by atoms with Gasteiger partial charge in [-0.15, -0.1) is 0 Å².